The molecule has 3 rings (SSSR count). The van der Waals surface area contributed by atoms with Crippen molar-refractivity contribution in [2.45, 2.75) is 63.4 Å². The van der Waals surface area contributed by atoms with E-state index in [1.807, 2.05) is 30.9 Å². The number of nitrogens with zero attached hydrogens (tertiary/aromatic N) is 2. The van der Waals surface area contributed by atoms with Crippen LogP contribution in [0.3, 0.4) is 0 Å². The number of aryl methyl sites for hydroxylation is 2. The predicted octanol–water partition coefficient (Wildman–Crippen LogP) is 2.06. The first-order valence-corrected chi connectivity index (χ1v) is 11.3. The summed E-state index contributed by atoms with van der Waals surface area (Å²) >= 11 is 0. The van der Waals surface area contributed by atoms with E-state index < -0.39 is 10.0 Å². The highest BCUT2D eigenvalue weighted by molar-refractivity contribution is 7.89. The highest BCUT2D eigenvalue weighted by atomic mass is 32.2. The fourth-order valence-electron chi connectivity index (χ4n) is 4.08. The lowest BCUT2D eigenvalue weighted by Crippen LogP contribution is -2.51. The number of carbonyl (C=O) groups is 1. The van der Waals surface area contributed by atoms with Crippen molar-refractivity contribution < 1.29 is 13.2 Å². The number of sulfonamides is 1. The Labute approximate surface area is 163 Å². The summed E-state index contributed by atoms with van der Waals surface area (Å²) in [6.45, 7) is 8.14. The van der Waals surface area contributed by atoms with Gasteiger partial charge in [0.15, 0.2) is 0 Å². The van der Waals surface area contributed by atoms with Gasteiger partial charge in [0.05, 0.1) is 4.90 Å². The van der Waals surface area contributed by atoms with Crippen LogP contribution in [0.5, 0.6) is 0 Å². The SMILES string of the molecule is CC(=O)N1CCC(NC2CCN(S(=O)(=O)c3cc(C)ccc3C)CC2)CC1. The van der Waals surface area contributed by atoms with Crippen molar-refractivity contribution in [3.8, 4) is 0 Å². The molecular formula is C20H31N3O3S. The molecule has 0 aliphatic carbocycles. The van der Waals surface area contributed by atoms with E-state index in [0.717, 1.165) is 49.9 Å². The average Bonchev–Trinajstić information content (AvgIpc) is 2.64. The Balaban J connectivity index is 1.54. The molecule has 6 nitrogen and oxygen atoms in total. The van der Waals surface area contributed by atoms with Gasteiger partial charge in [-0.15, -0.1) is 0 Å². The minimum Gasteiger partial charge on any atom is -0.343 e. The first-order chi connectivity index (χ1) is 12.8. The number of hydrogen-bond acceptors (Lipinski definition) is 4. The number of hydrogen-bond donors (Lipinski definition) is 1. The number of piperidine rings is 2. The quantitative estimate of drug-likeness (QED) is 0.850. The molecule has 0 spiro atoms. The first kappa shape index (κ1) is 20.3. The molecule has 2 heterocycles. The van der Waals surface area contributed by atoms with Crippen LogP contribution in [0.15, 0.2) is 23.1 Å². The lowest BCUT2D eigenvalue weighted by Gasteiger charge is -2.37. The van der Waals surface area contributed by atoms with Crippen molar-refractivity contribution in [2.24, 2.45) is 0 Å². The summed E-state index contributed by atoms with van der Waals surface area (Å²) in [6, 6.07) is 6.38. The summed E-state index contributed by atoms with van der Waals surface area (Å²) in [5, 5.41) is 3.69. The number of nitrogens with one attached hydrogen (secondary N) is 1. The summed E-state index contributed by atoms with van der Waals surface area (Å²) < 4.78 is 27.7. The van der Waals surface area contributed by atoms with Gasteiger partial charge in [-0.2, -0.15) is 4.31 Å². The monoisotopic (exact) mass is 393 g/mol. The Morgan fingerprint density at radius 2 is 1.56 bits per heavy atom. The third kappa shape index (κ3) is 4.70. The highest BCUT2D eigenvalue weighted by Crippen LogP contribution is 2.25. The standard InChI is InChI=1S/C20H31N3O3S/c1-15-4-5-16(2)20(14-15)27(25,26)23-12-8-19(9-13-23)21-18-6-10-22(11-7-18)17(3)24/h4-5,14,18-19,21H,6-13H2,1-3H3. The Morgan fingerprint density at radius 3 is 2.11 bits per heavy atom. The molecule has 2 aliphatic rings. The molecule has 2 aliphatic heterocycles. The minimum absolute atomic E-state index is 0.151. The maximum atomic E-state index is 13.0. The van der Waals surface area contributed by atoms with E-state index in [-0.39, 0.29) is 5.91 Å². The number of benzene rings is 1. The van der Waals surface area contributed by atoms with Crippen molar-refractivity contribution >= 4 is 15.9 Å². The van der Waals surface area contributed by atoms with Crippen molar-refractivity contribution in [3.63, 3.8) is 0 Å². The van der Waals surface area contributed by atoms with Gasteiger partial charge in [-0.25, -0.2) is 8.42 Å². The van der Waals surface area contributed by atoms with Crippen molar-refractivity contribution in [2.75, 3.05) is 26.2 Å². The maximum Gasteiger partial charge on any atom is 0.243 e. The highest BCUT2D eigenvalue weighted by Gasteiger charge is 2.31. The fourth-order valence-corrected chi connectivity index (χ4v) is 5.86. The fraction of sp³-hybridized carbons (Fsp3) is 0.650. The van der Waals surface area contributed by atoms with Gasteiger partial charge in [0.1, 0.15) is 0 Å². The van der Waals surface area contributed by atoms with Crippen LogP contribution >= 0.6 is 0 Å². The second kappa shape index (κ2) is 8.29. The third-order valence-corrected chi connectivity index (χ3v) is 7.87. The Hall–Kier alpha value is -1.44. The second-order valence-corrected chi connectivity index (χ2v) is 9.80. The van der Waals surface area contributed by atoms with Crippen LogP contribution in [0.1, 0.15) is 43.7 Å². The van der Waals surface area contributed by atoms with E-state index in [1.54, 1.807) is 17.3 Å². The molecular weight excluding hydrogens is 362 g/mol. The molecule has 150 valence electrons. The van der Waals surface area contributed by atoms with Crippen LogP contribution in [0.2, 0.25) is 0 Å². The zero-order valence-electron chi connectivity index (χ0n) is 16.6. The molecule has 0 radical (unpaired) electrons. The van der Waals surface area contributed by atoms with Gasteiger partial charge in [0.2, 0.25) is 15.9 Å². The smallest absolute Gasteiger partial charge is 0.243 e. The van der Waals surface area contributed by atoms with Crippen LogP contribution in [0.4, 0.5) is 0 Å². The lowest BCUT2D eigenvalue weighted by molar-refractivity contribution is -0.129. The molecule has 1 aromatic carbocycles. The van der Waals surface area contributed by atoms with Crippen LogP contribution in [-0.2, 0) is 14.8 Å². The van der Waals surface area contributed by atoms with Crippen LogP contribution in [-0.4, -0.2) is 61.8 Å². The maximum absolute atomic E-state index is 13.0. The van der Waals surface area contributed by atoms with Gasteiger partial charge in [-0.05, 0) is 56.7 Å². The van der Waals surface area contributed by atoms with Gasteiger partial charge in [0.25, 0.3) is 0 Å². The molecule has 0 bridgehead atoms. The summed E-state index contributed by atoms with van der Waals surface area (Å²) in [7, 11) is -3.43. The summed E-state index contributed by atoms with van der Waals surface area (Å²) in [6.07, 6.45) is 3.61. The molecule has 0 aromatic heterocycles. The lowest BCUT2D eigenvalue weighted by atomic mass is 10.0. The summed E-state index contributed by atoms with van der Waals surface area (Å²) in [4.78, 5) is 13.8. The van der Waals surface area contributed by atoms with E-state index in [2.05, 4.69) is 5.32 Å². The third-order valence-electron chi connectivity index (χ3n) is 5.83. The topological polar surface area (TPSA) is 69.7 Å². The van der Waals surface area contributed by atoms with E-state index >= 15 is 0 Å². The molecule has 1 aromatic rings. The van der Waals surface area contributed by atoms with Gasteiger partial charge in [0, 0.05) is 45.2 Å². The second-order valence-electron chi connectivity index (χ2n) is 7.89. The Kier molecular flexibility index (Phi) is 6.23. The number of rotatable bonds is 4. The van der Waals surface area contributed by atoms with Gasteiger partial charge in [-0.1, -0.05) is 12.1 Å². The van der Waals surface area contributed by atoms with Gasteiger partial charge in [-0.3, -0.25) is 4.79 Å². The number of carbonyl (C=O) groups excluding carboxylic acids is 1. The molecule has 2 fully saturated rings. The average molecular weight is 394 g/mol. The van der Waals surface area contributed by atoms with Crippen molar-refractivity contribution in [3.05, 3.63) is 29.3 Å². The molecule has 2 saturated heterocycles. The first-order valence-electron chi connectivity index (χ1n) is 9.86. The van der Waals surface area contributed by atoms with Crippen molar-refractivity contribution in [1.82, 2.24) is 14.5 Å². The van der Waals surface area contributed by atoms with Crippen LogP contribution in [0, 0.1) is 13.8 Å². The normalized spacial score (nSPS) is 20.8. The van der Waals surface area contributed by atoms with Gasteiger partial charge < -0.3 is 10.2 Å². The van der Waals surface area contributed by atoms with E-state index in [9.17, 15) is 13.2 Å². The Morgan fingerprint density at radius 1 is 1.00 bits per heavy atom. The largest absolute Gasteiger partial charge is 0.343 e. The molecule has 27 heavy (non-hydrogen) atoms. The summed E-state index contributed by atoms with van der Waals surface area (Å²) in [5.41, 5.74) is 1.77. The molecule has 1 amide bonds. The zero-order valence-corrected chi connectivity index (χ0v) is 17.4. The summed E-state index contributed by atoms with van der Waals surface area (Å²) in [5.74, 6) is 0.151. The van der Waals surface area contributed by atoms with Gasteiger partial charge >= 0.3 is 0 Å². The van der Waals surface area contributed by atoms with Crippen molar-refractivity contribution in [1.29, 1.82) is 0 Å². The molecule has 1 N–H and O–H groups in total. The zero-order chi connectivity index (χ0) is 19.6. The molecule has 0 unspecified atom stereocenters. The van der Waals surface area contributed by atoms with E-state index in [4.69, 9.17) is 0 Å². The van der Waals surface area contributed by atoms with E-state index in [1.165, 1.54) is 0 Å². The molecule has 0 atom stereocenters. The van der Waals surface area contributed by atoms with Crippen LogP contribution in [0.25, 0.3) is 0 Å². The van der Waals surface area contributed by atoms with E-state index in [0.29, 0.717) is 30.1 Å². The number of likely N-dealkylation sites (tertiary alicyclic amines) is 1. The number of amides is 1. The Bertz CT molecular complexity index is 778. The van der Waals surface area contributed by atoms with Crippen LogP contribution < -0.4 is 5.32 Å². The minimum atomic E-state index is -3.43. The molecule has 0 saturated carbocycles. The predicted molar refractivity (Wildman–Crippen MR) is 106 cm³/mol. The molecule has 7 heteroatoms.